The molecule has 1 aliphatic rings. The highest BCUT2D eigenvalue weighted by Gasteiger charge is 2.26. The van der Waals surface area contributed by atoms with Crippen LogP contribution in [0.1, 0.15) is 19.8 Å². The number of nitrogens with two attached hydrogens (primary N) is 1. The van der Waals surface area contributed by atoms with Gasteiger partial charge in [-0.25, -0.2) is 0 Å². The number of alkyl halides is 1. The molecular formula is C6H12BrN. The van der Waals surface area contributed by atoms with E-state index in [0.29, 0.717) is 10.9 Å². The summed E-state index contributed by atoms with van der Waals surface area (Å²) in [4.78, 5) is 0.581. The van der Waals surface area contributed by atoms with Crippen molar-refractivity contribution in [1.29, 1.82) is 0 Å². The Morgan fingerprint density at radius 1 is 1.50 bits per heavy atom. The molecule has 0 aliphatic heterocycles. The zero-order chi connectivity index (χ0) is 6.15. The molecule has 48 valence electrons. The molecule has 1 rings (SSSR count). The van der Waals surface area contributed by atoms with Gasteiger partial charge in [0.25, 0.3) is 0 Å². The first-order valence-electron chi connectivity index (χ1n) is 3.10. The average molecular weight is 178 g/mol. The van der Waals surface area contributed by atoms with E-state index < -0.39 is 0 Å². The summed E-state index contributed by atoms with van der Waals surface area (Å²) in [5.41, 5.74) is 5.72. The molecule has 0 amide bonds. The molecular weight excluding hydrogens is 166 g/mol. The van der Waals surface area contributed by atoms with Crippen molar-refractivity contribution in [2.75, 3.05) is 0 Å². The van der Waals surface area contributed by atoms with Crippen molar-refractivity contribution in [3.63, 3.8) is 0 Å². The van der Waals surface area contributed by atoms with Crippen LogP contribution in [0.3, 0.4) is 0 Å². The molecule has 2 heteroatoms. The lowest BCUT2D eigenvalue weighted by Gasteiger charge is -2.03. The van der Waals surface area contributed by atoms with E-state index in [1.165, 1.54) is 12.8 Å². The summed E-state index contributed by atoms with van der Waals surface area (Å²) in [5.74, 6) is 0.828. The van der Waals surface area contributed by atoms with Crippen LogP contribution in [0, 0.1) is 5.92 Å². The first kappa shape index (κ1) is 6.56. The fourth-order valence-electron chi connectivity index (χ4n) is 1.27. The van der Waals surface area contributed by atoms with Crippen LogP contribution >= 0.6 is 15.9 Å². The predicted molar refractivity (Wildman–Crippen MR) is 39.1 cm³/mol. The fraction of sp³-hybridized carbons (Fsp3) is 1.00. The maximum absolute atomic E-state index is 5.72. The van der Waals surface area contributed by atoms with Gasteiger partial charge in [0.2, 0.25) is 0 Å². The summed E-state index contributed by atoms with van der Waals surface area (Å²) in [6.45, 7) is 2.25. The molecule has 0 spiro atoms. The van der Waals surface area contributed by atoms with Crippen LogP contribution in [0.5, 0.6) is 0 Å². The maximum Gasteiger partial charge on any atom is 0.0299 e. The van der Waals surface area contributed by atoms with Crippen LogP contribution in [0.4, 0.5) is 0 Å². The van der Waals surface area contributed by atoms with Crippen LogP contribution < -0.4 is 5.73 Å². The Morgan fingerprint density at radius 3 is 2.25 bits per heavy atom. The van der Waals surface area contributed by atoms with Crippen molar-refractivity contribution in [2.24, 2.45) is 11.7 Å². The van der Waals surface area contributed by atoms with E-state index >= 15 is 0 Å². The monoisotopic (exact) mass is 177 g/mol. The Kier molecular flexibility index (Phi) is 1.93. The topological polar surface area (TPSA) is 26.0 Å². The third-order valence-electron chi connectivity index (χ3n) is 1.77. The smallest absolute Gasteiger partial charge is 0.0299 e. The second-order valence-corrected chi connectivity index (χ2v) is 3.93. The van der Waals surface area contributed by atoms with Crippen molar-refractivity contribution >= 4 is 15.9 Å². The third-order valence-corrected chi connectivity index (χ3v) is 2.82. The Morgan fingerprint density at radius 2 is 2.12 bits per heavy atom. The van der Waals surface area contributed by atoms with Crippen LogP contribution in [-0.2, 0) is 0 Å². The lowest BCUT2D eigenvalue weighted by atomic mass is 10.1. The predicted octanol–water partition coefficient (Wildman–Crippen LogP) is 1.51. The minimum atomic E-state index is 0.407. The van der Waals surface area contributed by atoms with E-state index in [9.17, 15) is 0 Å². The van der Waals surface area contributed by atoms with Crippen LogP contribution in [0.25, 0.3) is 0 Å². The van der Waals surface area contributed by atoms with Gasteiger partial charge in [0, 0.05) is 10.9 Å². The average Bonchev–Trinajstić information content (AvgIpc) is 1.85. The highest BCUT2D eigenvalue weighted by Crippen LogP contribution is 2.28. The summed E-state index contributed by atoms with van der Waals surface area (Å²) in [6, 6.07) is 0.407. The molecule has 2 N–H and O–H groups in total. The molecule has 3 atom stereocenters. The molecule has 1 fully saturated rings. The molecule has 0 aromatic carbocycles. The van der Waals surface area contributed by atoms with E-state index in [1.807, 2.05) is 0 Å². The second-order valence-electron chi connectivity index (χ2n) is 2.76. The van der Waals surface area contributed by atoms with Crippen LogP contribution in [-0.4, -0.2) is 10.9 Å². The molecule has 0 bridgehead atoms. The minimum absolute atomic E-state index is 0.407. The first-order valence-corrected chi connectivity index (χ1v) is 4.01. The summed E-state index contributed by atoms with van der Waals surface area (Å²) >= 11 is 3.52. The zero-order valence-electron chi connectivity index (χ0n) is 5.10. The third kappa shape index (κ3) is 1.23. The number of halogens is 1. The molecule has 1 aliphatic carbocycles. The number of hydrogen-bond donors (Lipinski definition) is 1. The number of hydrogen-bond acceptors (Lipinski definition) is 1. The molecule has 0 aromatic heterocycles. The normalized spacial score (nSPS) is 47.6. The van der Waals surface area contributed by atoms with Gasteiger partial charge in [-0.05, 0) is 18.8 Å². The van der Waals surface area contributed by atoms with E-state index in [1.54, 1.807) is 0 Å². The lowest BCUT2D eigenvalue weighted by Crippen LogP contribution is -2.23. The van der Waals surface area contributed by atoms with E-state index in [-0.39, 0.29) is 0 Å². The molecule has 0 heterocycles. The number of rotatable bonds is 0. The summed E-state index contributed by atoms with van der Waals surface area (Å²) in [5, 5.41) is 0. The molecule has 0 aromatic rings. The van der Waals surface area contributed by atoms with Gasteiger partial charge in [-0.1, -0.05) is 22.9 Å². The van der Waals surface area contributed by atoms with Gasteiger partial charge in [-0.3, -0.25) is 0 Å². The largest absolute Gasteiger partial charge is 0.327 e. The van der Waals surface area contributed by atoms with Crippen molar-refractivity contribution in [3.05, 3.63) is 0 Å². The van der Waals surface area contributed by atoms with Crippen molar-refractivity contribution in [3.8, 4) is 0 Å². The van der Waals surface area contributed by atoms with Crippen molar-refractivity contribution in [2.45, 2.75) is 30.6 Å². The molecule has 0 saturated heterocycles. The van der Waals surface area contributed by atoms with Gasteiger partial charge in [0.05, 0.1) is 0 Å². The highest BCUT2D eigenvalue weighted by molar-refractivity contribution is 9.09. The second kappa shape index (κ2) is 2.36. The molecule has 8 heavy (non-hydrogen) atoms. The quantitative estimate of drug-likeness (QED) is 0.559. The van der Waals surface area contributed by atoms with E-state index in [2.05, 4.69) is 22.9 Å². The van der Waals surface area contributed by atoms with Gasteiger partial charge >= 0.3 is 0 Å². The van der Waals surface area contributed by atoms with Gasteiger partial charge in [0.15, 0.2) is 0 Å². The lowest BCUT2D eigenvalue weighted by molar-refractivity contribution is 0.594. The van der Waals surface area contributed by atoms with Gasteiger partial charge in [-0.15, -0.1) is 0 Å². The van der Waals surface area contributed by atoms with Gasteiger partial charge in [-0.2, -0.15) is 0 Å². The zero-order valence-corrected chi connectivity index (χ0v) is 6.69. The fourth-order valence-corrected chi connectivity index (χ4v) is 2.12. The van der Waals surface area contributed by atoms with E-state index in [0.717, 1.165) is 5.92 Å². The molecule has 0 unspecified atom stereocenters. The van der Waals surface area contributed by atoms with E-state index in [4.69, 9.17) is 5.73 Å². The van der Waals surface area contributed by atoms with Crippen molar-refractivity contribution in [1.82, 2.24) is 0 Å². The standard InChI is InChI=1S/C6H12BrN/c1-4-2-5(7)6(8)3-4/h4-6H,2-3,8H2,1H3/t4-,5-,6-/m0/s1. The Hall–Kier alpha value is 0.440. The summed E-state index contributed by atoms with van der Waals surface area (Å²) < 4.78 is 0. The van der Waals surface area contributed by atoms with Crippen LogP contribution in [0.15, 0.2) is 0 Å². The van der Waals surface area contributed by atoms with Crippen molar-refractivity contribution < 1.29 is 0 Å². The molecule has 1 saturated carbocycles. The molecule has 0 radical (unpaired) electrons. The first-order chi connectivity index (χ1) is 3.70. The SMILES string of the molecule is C[C@@H]1C[C@H](N)[C@@H](Br)C1. The van der Waals surface area contributed by atoms with Crippen LogP contribution in [0.2, 0.25) is 0 Å². The minimum Gasteiger partial charge on any atom is -0.327 e. The Bertz CT molecular complexity index is 74.6. The maximum atomic E-state index is 5.72. The van der Waals surface area contributed by atoms with Gasteiger partial charge in [0.1, 0.15) is 0 Å². The Balaban J connectivity index is 2.39. The Labute approximate surface area is 58.8 Å². The summed E-state index contributed by atoms with van der Waals surface area (Å²) in [7, 11) is 0. The van der Waals surface area contributed by atoms with Gasteiger partial charge < -0.3 is 5.73 Å². The highest BCUT2D eigenvalue weighted by atomic mass is 79.9. The molecule has 1 nitrogen and oxygen atoms in total. The summed E-state index contributed by atoms with van der Waals surface area (Å²) in [6.07, 6.45) is 2.44.